The molecule has 0 aliphatic carbocycles. The molecule has 0 saturated heterocycles. The van der Waals surface area contributed by atoms with Gasteiger partial charge in [0.25, 0.3) is 0 Å². The average Bonchev–Trinajstić information content (AvgIpc) is 2.04. The number of rotatable bonds is 2. The van der Waals surface area contributed by atoms with E-state index in [1.165, 1.54) is 24.3 Å². The molecule has 0 heterocycles. The van der Waals surface area contributed by atoms with E-state index in [0.717, 1.165) is 0 Å². The van der Waals surface area contributed by atoms with Gasteiger partial charge in [0, 0.05) is 0 Å². The minimum absolute atomic E-state index is 0.00254. The summed E-state index contributed by atoms with van der Waals surface area (Å²) in [5.41, 5.74) is 0.125. The van der Waals surface area contributed by atoms with E-state index >= 15 is 0 Å². The van der Waals surface area contributed by atoms with Gasteiger partial charge in [-0.3, -0.25) is 4.79 Å². The van der Waals surface area contributed by atoms with Crippen LogP contribution in [-0.4, -0.2) is 16.3 Å². The molecule has 0 aromatic heterocycles. The number of hydrogen-bond donors (Lipinski definition) is 2. The number of benzene rings is 1. The smallest absolute Gasteiger partial charge is 0.334 e. The first kappa shape index (κ1) is 8.67. The molecule has 0 fully saturated rings. The molecule has 0 amide bonds. The van der Waals surface area contributed by atoms with Crippen LogP contribution in [0.5, 0.6) is 5.75 Å². The number of halogens is 1. The zero-order valence-electron chi connectivity index (χ0n) is 6.07. The first-order chi connectivity index (χ1) is 5.61. The average molecular weight is 170 g/mol. The quantitative estimate of drug-likeness (QED) is 0.649. The Kier molecular flexibility index (Phi) is 2.40. The molecule has 1 aromatic carbocycles. The Morgan fingerprint density at radius 1 is 1.33 bits per heavy atom. The SMILES string of the molecule is O=C(F)[C@@H](O)c1ccc(O)cc1. The fourth-order valence-corrected chi connectivity index (χ4v) is 0.788. The molecule has 1 atom stereocenters. The summed E-state index contributed by atoms with van der Waals surface area (Å²) in [6.45, 7) is 0. The first-order valence-electron chi connectivity index (χ1n) is 3.27. The highest BCUT2D eigenvalue weighted by Crippen LogP contribution is 2.17. The number of carbonyl (C=O) groups excluding carboxylic acids is 1. The normalized spacial score (nSPS) is 12.5. The molecule has 4 heteroatoms. The van der Waals surface area contributed by atoms with Crippen molar-refractivity contribution < 1.29 is 19.4 Å². The van der Waals surface area contributed by atoms with Crippen LogP contribution in [0.3, 0.4) is 0 Å². The maximum Gasteiger partial charge on any atom is 0.334 e. The molecule has 0 saturated carbocycles. The summed E-state index contributed by atoms with van der Waals surface area (Å²) in [6.07, 6.45) is -1.74. The number of aliphatic hydroxyl groups is 1. The number of carbonyl (C=O) groups is 1. The van der Waals surface area contributed by atoms with Gasteiger partial charge in [0.2, 0.25) is 0 Å². The molecule has 3 nitrogen and oxygen atoms in total. The van der Waals surface area contributed by atoms with E-state index in [-0.39, 0.29) is 11.3 Å². The number of phenols is 1. The molecule has 1 aromatic rings. The molecular formula is C8H7FO3. The summed E-state index contributed by atoms with van der Waals surface area (Å²) in [5.74, 6) is -0.00254. The van der Waals surface area contributed by atoms with Gasteiger partial charge < -0.3 is 10.2 Å². The van der Waals surface area contributed by atoms with Gasteiger partial charge in [-0.2, -0.15) is 4.39 Å². The Morgan fingerprint density at radius 2 is 1.83 bits per heavy atom. The van der Waals surface area contributed by atoms with Gasteiger partial charge in [0.1, 0.15) is 5.75 Å². The summed E-state index contributed by atoms with van der Waals surface area (Å²) in [4.78, 5) is 10.0. The van der Waals surface area contributed by atoms with Crippen LogP contribution in [0.15, 0.2) is 24.3 Å². The van der Waals surface area contributed by atoms with Crippen molar-refractivity contribution in [3.63, 3.8) is 0 Å². The molecule has 0 unspecified atom stereocenters. The molecule has 1 rings (SSSR count). The Bertz CT molecular complexity index is 281. The van der Waals surface area contributed by atoms with Crippen molar-refractivity contribution in [2.75, 3.05) is 0 Å². The number of aliphatic hydroxyl groups excluding tert-OH is 1. The molecule has 64 valence electrons. The van der Waals surface area contributed by atoms with Gasteiger partial charge in [-0.05, 0) is 17.7 Å². The van der Waals surface area contributed by atoms with Crippen LogP contribution in [0.25, 0.3) is 0 Å². The molecule has 0 aliphatic heterocycles. The van der Waals surface area contributed by atoms with Crippen molar-refractivity contribution >= 4 is 6.04 Å². The second-order valence-corrected chi connectivity index (χ2v) is 2.30. The van der Waals surface area contributed by atoms with Crippen LogP contribution in [-0.2, 0) is 4.79 Å². The maximum absolute atomic E-state index is 11.9. The molecule has 12 heavy (non-hydrogen) atoms. The second kappa shape index (κ2) is 3.32. The number of hydrogen-bond acceptors (Lipinski definition) is 3. The van der Waals surface area contributed by atoms with E-state index in [2.05, 4.69) is 0 Å². The third-order valence-corrected chi connectivity index (χ3v) is 1.42. The Labute approximate surface area is 68.1 Å². The number of aromatic hydroxyl groups is 1. The van der Waals surface area contributed by atoms with Gasteiger partial charge in [-0.15, -0.1) is 0 Å². The predicted molar refractivity (Wildman–Crippen MR) is 39.2 cm³/mol. The van der Waals surface area contributed by atoms with Crippen LogP contribution in [0.4, 0.5) is 4.39 Å². The summed E-state index contributed by atoms with van der Waals surface area (Å²) < 4.78 is 11.9. The molecule has 0 bridgehead atoms. The van der Waals surface area contributed by atoms with E-state index in [1.54, 1.807) is 0 Å². The topological polar surface area (TPSA) is 57.5 Å². The van der Waals surface area contributed by atoms with E-state index < -0.39 is 12.1 Å². The summed E-state index contributed by atoms with van der Waals surface area (Å²) in [7, 11) is 0. The van der Waals surface area contributed by atoms with E-state index in [0.29, 0.717) is 0 Å². The summed E-state index contributed by atoms with van der Waals surface area (Å²) >= 11 is 0. The van der Waals surface area contributed by atoms with Gasteiger partial charge in [-0.1, -0.05) is 12.1 Å². The lowest BCUT2D eigenvalue weighted by atomic mass is 10.1. The van der Waals surface area contributed by atoms with Crippen molar-refractivity contribution in [1.82, 2.24) is 0 Å². The van der Waals surface area contributed by atoms with Crippen LogP contribution in [0.1, 0.15) is 11.7 Å². The molecule has 2 N–H and O–H groups in total. The standard InChI is InChI=1S/C8H7FO3/c9-8(12)7(11)5-1-3-6(10)4-2-5/h1-4,7,10-11H/t7-/m0/s1. The van der Waals surface area contributed by atoms with E-state index in [4.69, 9.17) is 10.2 Å². The number of phenolic OH excluding ortho intramolecular Hbond substituents is 1. The zero-order chi connectivity index (χ0) is 9.14. The first-order valence-corrected chi connectivity index (χ1v) is 3.27. The van der Waals surface area contributed by atoms with Crippen molar-refractivity contribution in [2.24, 2.45) is 0 Å². The fourth-order valence-electron chi connectivity index (χ4n) is 0.788. The van der Waals surface area contributed by atoms with E-state index in [9.17, 15) is 9.18 Å². The monoisotopic (exact) mass is 170 g/mol. The summed E-state index contributed by atoms with van der Waals surface area (Å²) in [6, 6.07) is 3.28. The Balaban J connectivity index is 2.89. The van der Waals surface area contributed by atoms with Gasteiger partial charge in [0.15, 0.2) is 6.10 Å². The summed E-state index contributed by atoms with van der Waals surface area (Å²) in [5, 5.41) is 17.7. The van der Waals surface area contributed by atoms with E-state index in [1.807, 2.05) is 0 Å². The maximum atomic E-state index is 11.9. The molecule has 0 aliphatic rings. The fraction of sp³-hybridized carbons (Fsp3) is 0.125. The van der Waals surface area contributed by atoms with Crippen LogP contribution in [0, 0.1) is 0 Å². The van der Waals surface area contributed by atoms with Crippen molar-refractivity contribution in [1.29, 1.82) is 0 Å². The molecule has 0 radical (unpaired) electrons. The third-order valence-electron chi connectivity index (χ3n) is 1.42. The Hall–Kier alpha value is -1.42. The van der Waals surface area contributed by atoms with Crippen molar-refractivity contribution in [3.8, 4) is 5.75 Å². The highest BCUT2D eigenvalue weighted by atomic mass is 19.1. The Morgan fingerprint density at radius 3 is 2.25 bits per heavy atom. The van der Waals surface area contributed by atoms with Gasteiger partial charge in [0.05, 0.1) is 0 Å². The van der Waals surface area contributed by atoms with Gasteiger partial charge in [-0.25, -0.2) is 0 Å². The van der Waals surface area contributed by atoms with Crippen molar-refractivity contribution in [3.05, 3.63) is 29.8 Å². The van der Waals surface area contributed by atoms with Crippen LogP contribution < -0.4 is 0 Å². The second-order valence-electron chi connectivity index (χ2n) is 2.30. The molecular weight excluding hydrogens is 163 g/mol. The highest BCUT2D eigenvalue weighted by Gasteiger charge is 2.15. The highest BCUT2D eigenvalue weighted by molar-refractivity contribution is 5.74. The molecule has 0 spiro atoms. The lowest BCUT2D eigenvalue weighted by Gasteiger charge is -2.03. The van der Waals surface area contributed by atoms with Gasteiger partial charge >= 0.3 is 6.04 Å². The minimum atomic E-state index is -1.80. The zero-order valence-corrected chi connectivity index (χ0v) is 6.07. The predicted octanol–water partition coefficient (Wildman–Crippen LogP) is 0.922. The van der Waals surface area contributed by atoms with Crippen LogP contribution >= 0.6 is 0 Å². The third kappa shape index (κ3) is 1.79. The van der Waals surface area contributed by atoms with Crippen LogP contribution in [0.2, 0.25) is 0 Å². The van der Waals surface area contributed by atoms with Crippen molar-refractivity contribution in [2.45, 2.75) is 6.10 Å². The largest absolute Gasteiger partial charge is 0.508 e. The lowest BCUT2D eigenvalue weighted by Crippen LogP contribution is -2.05. The minimum Gasteiger partial charge on any atom is -0.508 e. The lowest BCUT2D eigenvalue weighted by molar-refractivity contribution is -0.138.